The zero-order chi connectivity index (χ0) is 21.0. The molecule has 1 aliphatic rings. The fourth-order valence-electron chi connectivity index (χ4n) is 2.78. The highest BCUT2D eigenvalue weighted by atomic mass is 16.5. The summed E-state index contributed by atoms with van der Waals surface area (Å²) in [5.41, 5.74) is 0.854. The molecule has 3 rings (SSSR count). The average molecular weight is 398 g/mol. The molecule has 0 fully saturated rings. The summed E-state index contributed by atoms with van der Waals surface area (Å²) in [5, 5.41) is 2.55. The largest absolute Gasteiger partial charge is 0.497 e. The summed E-state index contributed by atoms with van der Waals surface area (Å²) in [5.74, 6) is -1.68. The number of carbonyl (C=O) groups is 4. The van der Waals surface area contributed by atoms with Crippen LogP contribution < -0.4 is 14.8 Å². The Kier molecular flexibility index (Phi) is 5.77. The Morgan fingerprint density at radius 3 is 2.00 bits per heavy atom. The molecule has 9 nitrogen and oxygen atoms in total. The molecule has 0 aromatic heterocycles. The lowest BCUT2D eigenvalue weighted by Crippen LogP contribution is -2.36. The van der Waals surface area contributed by atoms with Gasteiger partial charge < -0.3 is 19.5 Å². The number of anilines is 1. The Balaban J connectivity index is 1.54. The number of hydrogen-bond donors (Lipinski definition) is 1. The van der Waals surface area contributed by atoms with Gasteiger partial charge in [-0.2, -0.15) is 0 Å². The van der Waals surface area contributed by atoms with Gasteiger partial charge >= 0.3 is 5.97 Å². The number of ether oxygens (including phenoxy) is 3. The van der Waals surface area contributed by atoms with Crippen LogP contribution in [0.2, 0.25) is 0 Å². The van der Waals surface area contributed by atoms with E-state index in [0.29, 0.717) is 17.2 Å². The monoisotopic (exact) mass is 398 g/mol. The van der Waals surface area contributed by atoms with E-state index in [1.165, 1.54) is 26.4 Å². The smallest absolute Gasteiger partial charge is 0.326 e. The van der Waals surface area contributed by atoms with Crippen molar-refractivity contribution in [3.63, 3.8) is 0 Å². The molecule has 2 aromatic rings. The lowest BCUT2D eigenvalue weighted by atomic mass is 10.1. The molecular weight excluding hydrogens is 380 g/mol. The van der Waals surface area contributed by atoms with Gasteiger partial charge in [0.2, 0.25) is 0 Å². The van der Waals surface area contributed by atoms with Crippen LogP contribution in [0.1, 0.15) is 20.7 Å². The third-order valence-electron chi connectivity index (χ3n) is 4.16. The van der Waals surface area contributed by atoms with E-state index in [-0.39, 0.29) is 11.1 Å². The normalized spacial score (nSPS) is 12.4. The van der Waals surface area contributed by atoms with Crippen molar-refractivity contribution in [3.05, 3.63) is 53.6 Å². The van der Waals surface area contributed by atoms with Crippen molar-refractivity contribution < 1.29 is 33.4 Å². The van der Waals surface area contributed by atoms with E-state index in [0.717, 1.165) is 4.90 Å². The number of rotatable bonds is 7. The first-order valence-corrected chi connectivity index (χ1v) is 8.56. The van der Waals surface area contributed by atoms with Crippen molar-refractivity contribution in [2.75, 3.05) is 32.7 Å². The van der Waals surface area contributed by atoms with Gasteiger partial charge in [0.25, 0.3) is 17.7 Å². The van der Waals surface area contributed by atoms with Gasteiger partial charge in [0.1, 0.15) is 18.0 Å². The number of benzene rings is 2. The zero-order valence-electron chi connectivity index (χ0n) is 15.8. The molecule has 9 heteroatoms. The summed E-state index contributed by atoms with van der Waals surface area (Å²) in [6.45, 7) is -1.16. The van der Waals surface area contributed by atoms with Crippen LogP contribution >= 0.6 is 0 Å². The van der Waals surface area contributed by atoms with Crippen LogP contribution in [0.25, 0.3) is 0 Å². The summed E-state index contributed by atoms with van der Waals surface area (Å²) < 4.78 is 15.1. The number of esters is 1. The molecule has 0 bridgehead atoms. The van der Waals surface area contributed by atoms with Crippen LogP contribution in [0.4, 0.5) is 5.69 Å². The number of imide groups is 1. The molecule has 2 aromatic carbocycles. The lowest BCUT2D eigenvalue weighted by molar-refractivity contribution is -0.147. The minimum Gasteiger partial charge on any atom is -0.497 e. The topological polar surface area (TPSA) is 111 Å². The fourth-order valence-corrected chi connectivity index (χ4v) is 2.78. The van der Waals surface area contributed by atoms with Crippen molar-refractivity contribution in [3.8, 4) is 11.5 Å². The molecular formula is C20H18N2O7. The van der Waals surface area contributed by atoms with Crippen LogP contribution in [-0.2, 0) is 14.3 Å². The van der Waals surface area contributed by atoms with Gasteiger partial charge in [0.05, 0.1) is 25.3 Å². The SMILES string of the molecule is COc1cc(NC(=O)COC(=O)CN2C(=O)c3ccccc3C2=O)cc(OC)c1. The van der Waals surface area contributed by atoms with Gasteiger partial charge in [-0.15, -0.1) is 0 Å². The Morgan fingerprint density at radius 1 is 0.931 bits per heavy atom. The minimum absolute atomic E-state index is 0.231. The van der Waals surface area contributed by atoms with Crippen molar-refractivity contribution in [2.45, 2.75) is 0 Å². The Bertz CT molecular complexity index is 929. The van der Waals surface area contributed by atoms with Crippen LogP contribution in [0.5, 0.6) is 11.5 Å². The van der Waals surface area contributed by atoms with Crippen molar-refractivity contribution in [2.24, 2.45) is 0 Å². The van der Waals surface area contributed by atoms with E-state index in [1.807, 2.05) is 0 Å². The van der Waals surface area contributed by atoms with E-state index in [1.54, 1.807) is 30.3 Å². The van der Waals surface area contributed by atoms with Crippen molar-refractivity contribution in [1.82, 2.24) is 4.90 Å². The van der Waals surface area contributed by atoms with Gasteiger partial charge in [-0.25, -0.2) is 0 Å². The number of nitrogens with one attached hydrogen (secondary N) is 1. The number of methoxy groups -OCH3 is 2. The third-order valence-corrected chi connectivity index (χ3v) is 4.16. The Hall–Kier alpha value is -3.88. The number of carbonyl (C=O) groups excluding carboxylic acids is 4. The van der Waals surface area contributed by atoms with E-state index in [2.05, 4.69) is 5.32 Å². The molecule has 3 amide bonds. The van der Waals surface area contributed by atoms with Crippen LogP contribution in [-0.4, -0.2) is 56.0 Å². The summed E-state index contributed by atoms with van der Waals surface area (Å²) in [6, 6.07) is 11.1. The van der Waals surface area contributed by atoms with E-state index >= 15 is 0 Å². The first-order valence-electron chi connectivity index (χ1n) is 8.56. The molecule has 29 heavy (non-hydrogen) atoms. The predicted molar refractivity (Wildman–Crippen MR) is 101 cm³/mol. The molecule has 0 radical (unpaired) electrons. The summed E-state index contributed by atoms with van der Waals surface area (Å²) in [7, 11) is 2.95. The summed E-state index contributed by atoms with van der Waals surface area (Å²) >= 11 is 0. The minimum atomic E-state index is -0.877. The number of amides is 3. The van der Waals surface area contributed by atoms with E-state index < -0.39 is 36.8 Å². The maximum absolute atomic E-state index is 12.2. The van der Waals surface area contributed by atoms with Crippen molar-refractivity contribution in [1.29, 1.82) is 0 Å². The molecule has 1 heterocycles. The number of hydrogen-bond acceptors (Lipinski definition) is 7. The molecule has 0 atom stereocenters. The second-order valence-corrected chi connectivity index (χ2v) is 6.05. The fraction of sp³-hybridized carbons (Fsp3) is 0.200. The lowest BCUT2D eigenvalue weighted by Gasteiger charge is -2.13. The van der Waals surface area contributed by atoms with Gasteiger partial charge in [0.15, 0.2) is 6.61 Å². The van der Waals surface area contributed by atoms with Gasteiger partial charge in [-0.1, -0.05) is 12.1 Å². The summed E-state index contributed by atoms with van der Waals surface area (Å²) in [4.78, 5) is 49.3. The molecule has 1 N–H and O–H groups in total. The molecule has 0 saturated heterocycles. The Labute approximate surface area is 166 Å². The van der Waals surface area contributed by atoms with Crippen LogP contribution in [0.15, 0.2) is 42.5 Å². The molecule has 150 valence electrons. The first-order chi connectivity index (χ1) is 13.9. The molecule has 1 aliphatic heterocycles. The van der Waals surface area contributed by atoms with Crippen LogP contribution in [0.3, 0.4) is 0 Å². The molecule has 0 saturated carbocycles. The second-order valence-electron chi connectivity index (χ2n) is 6.05. The quantitative estimate of drug-likeness (QED) is 0.555. The highest BCUT2D eigenvalue weighted by molar-refractivity contribution is 6.22. The van der Waals surface area contributed by atoms with E-state index in [9.17, 15) is 19.2 Å². The zero-order valence-corrected chi connectivity index (χ0v) is 15.8. The Morgan fingerprint density at radius 2 is 1.48 bits per heavy atom. The number of nitrogens with zero attached hydrogens (tertiary/aromatic N) is 1. The number of fused-ring (bicyclic) bond motifs is 1. The summed E-state index contributed by atoms with van der Waals surface area (Å²) in [6.07, 6.45) is 0. The maximum Gasteiger partial charge on any atom is 0.326 e. The average Bonchev–Trinajstić information content (AvgIpc) is 2.97. The standard InChI is InChI=1S/C20H18N2O7/c1-27-13-7-12(8-14(9-13)28-2)21-17(23)11-29-18(24)10-22-19(25)15-5-3-4-6-16(15)20(22)26/h3-9H,10-11H2,1-2H3,(H,21,23). The van der Waals surface area contributed by atoms with Crippen molar-refractivity contribution >= 4 is 29.4 Å². The second kappa shape index (κ2) is 8.42. The van der Waals surface area contributed by atoms with Gasteiger partial charge in [-0.3, -0.25) is 24.1 Å². The molecule has 0 spiro atoms. The van der Waals surface area contributed by atoms with E-state index in [4.69, 9.17) is 14.2 Å². The maximum atomic E-state index is 12.2. The highest BCUT2D eigenvalue weighted by Crippen LogP contribution is 2.26. The highest BCUT2D eigenvalue weighted by Gasteiger charge is 2.36. The molecule has 0 aliphatic carbocycles. The van der Waals surface area contributed by atoms with Crippen LogP contribution in [0, 0.1) is 0 Å². The van der Waals surface area contributed by atoms with Gasteiger partial charge in [-0.05, 0) is 12.1 Å². The third kappa shape index (κ3) is 4.34. The predicted octanol–water partition coefficient (Wildman–Crippen LogP) is 1.48. The first kappa shape index (κ1) is 19.9. The van der Waals surface area contributed by atoms with Gasteiger partial charge in [0, 0.05) is 23.9 Å². The molecule has 0 unspecified atom stereocenters.